The van der Waals surface area contributed by atoms with Crippen molar-refractivity contribution in [2.24, 2.45) is 0 Å². The number of ether oxygens (including phenoxy) is 3. The van der Waals surface area contributed by atoms with E-state index in [2.05, 4.69) is 0 Å². The van der Waals surface area contributed by atoms with Gasteiger partial charge in [-0.05, 0) is 31.5 Å². The molecule has 2 aromatic carbocycles. The lowest BCUT2D eigenvalue weighted by atomic mass is 9.80. The standard InChI is InChI=1S/C20H26O6/c1-4-25-19(26-5-2)18(22)20(23,14-9-7-6-8-10-14)16-12-11-15(24-3)13-17(16)21/h6-13,18-19,21-23H,4-5H2,1-3H3/t18-,20-/m0/s1. The minimum absolute atomic E-state index is 0.126. The molecule has 0 amide bonds. The highest BCUT2D eigenvalue weighted by Gasteiger charge is 2.46. The molecule has 0 unspecified atom stereocenters. The number of benzene rings is 2. The van der Waals surface area contributed by atoms with Gasteiger partial charge in [-0.15, -0.1) is 0 Å². The molecule has 2 aromatic rings. The van der Waals surface area contributed by atoms with E-state index in [1.54, 1.807) is 50.2 Å². The smallest absolute Gasteiger partial charge is 0.186 e. The van der Waals surface area contributed by atoms with Gasteiger partial charge in [0.05, 0.1) is 7.11 Å². The van der Waals surface area contributed by atoms with Gasteiger partial charge < -0.3 is 29.5 Å². The van der Waals surface area contributed by atoms with Crippen LogP contribution in [-0.2, 0) is 15.1 Å². The van der Waals surface area contributed by atoms with Gasteiger partial charge in [-0.2, -0.15) is 0 Å². The summed E-state index contributed by atoms with van der Waals surface area (Å²) >= 11 is 0. The highest BCUT2D eigenvalue weighted by Crippen LogP contribution is 2.41. The summed E-state index contributed by atoms with van der Waals surface area (Å²) in [6, 6.07) is 13.1. The molecule has 0 aliphatic carbocycles. The van der Waals surface area contributed by atoms with E-state index in [1.165, 1.54) is 19.2 Å². The number of hydrogen-bond acceptors (Lipinski definition) is 6. The molecule has 0 bridgehead atoms. The fourth-order valence-electron chi connectivity index (χ4n) is 2.89. The highest BCUT2D eigenvalue weighted by molar-refractivity contribution is 5.48. The van der Waals surface area contributed by atoms with Gasteiger partial charge >= 0.3 is 0 Å². The molecule has 6 nitrogen and oxygen atoms in total. The topological polar surface area (TPSA) is 88.4 Å². The first kappa shape index (κ1) is 20.2. The van der Waals surface area contributed by atoms with E-state index in [4.69, 9.17) is 14.2 Å². The van der Waals surface area contributed by atoms with Crippen LogP contribution in [0.1, 0.15) is 25.0 Å². The molecule has 0 aromatic heterocycles. The fraction of sp³-hybridized carbons (Fsp3) is 0.400. The van der Waals surface area contributed by atoms with Crippen LogP contribution < -0.4 is 4.74 Å². The lowest BCUT2D eigenvalue weighted by Crippen LogP contribution is -2.49. The monoisotopic (exact) mass is 362 g/mol. The van der Waals surface area contributed by atoms with E-state index in [-0.39, 0.29) is 11.3 Å². The Morgan fingerprint density at radius 3 is 2.12 bits per heavy atom. The van der Waals surface area contributed by atoms with Crippen LogP contribution in [0.25, 0.3) is 0 Å². The van der Waals surface area contributed by atoms with Crippen molar-refractivity contribution in [3.63, 3.8) is 0 Å². The Morgan fingerprint density at radius 1 is 1.00 bits per heavy atom. The molecule has 0 fully saturated rings. The molecule has 0 heterocycles. The fourth-order valence-corrected chi connectivity index (χ4v) is 2.89. The quantitative estimate of drug-likeness (QED) is 0.594. The van der Waals surface area contributed by atoms with Gasteiger partial charge in [-0.25, -0.2) is 0 Å². The molecular formula is C20H26O6. The summed E-state index contributed by atoms with van der Waals surface area (Å²) in [5, 5.41) is 33.1. The molecule has 0 saturated heterocycles. The zero-order valence-electron chi connectivity index (χ0n) is 15.3. The van der Waals surface area contributed by atoms with E-state index >= 15 is 0 Å². The minimum Gasteiger partial charge on any atom is -0.507 e. The van der Waals surface area contributed by atoms with Crippen molar-refractivity contribution in [2.45, 2.75) is 31.8 Å². The van der Waals surface area contributed by atoms with Crippen LogP contribution in [0.2, 0.25) is 0 Å². The molecule has 26 heavy (non-hydrogen) atoms. The molecule has 0 aliphatic heterocycles. The van der Waals surface area contributed by atoms with E-state index in [0.29, 0.717) is 24.5 Å². The van der Waals surface area contributed by atoms with Crippen molar-refractivity contribution in [1.29, 1.82) is 0 Å². The maximum absolute atomic E-state index is 11.6. The van der Waals surface area contributed by atoms with Gasteiger partial charge in [0.1, 0.15) is 23.2 Å². The molecule has 0 spiro atoms. The summed E-state index contributed by atoms with van der Waals surface area (Å²) in [7, 11) is 1.48. The summed E-state index contributed by atoms with van der Waals surface area (Å²) in [4.78, 5) is 0. The Labute approximate surface area is 153 Å². The summed E-state index contributed by atoms with van der Waals surface area (Å²) in [5.74, 6) is 0.226. The lowest BCUT2D eigenvalue weighted by molar-refractivity contribution is -0.230. The number of hydrogen-bond donors (Lipinski definition) is 3. The molecule has 0 radical (unpaired) electrons. The largest absolute Gasteiger partial charge is 0.507 e. The zero-order chi connectivity index (χ0) is 19.2. The van der Waals surface area contributed by atoms with E-state index < -0.39 is 18.0 Å². The lowest BCUT2D eigenvalue weighted by Gasteiger charge is -2.38. The van der Waals surface area contributed by atoms with Crippen molar-refractivity contribution >= 4 is 0 Å². The van der Waals surface area contributed by atoms with Crippen molar-refractivity contribution in [1.82, 2.24) is 0 Å². The second-order valence-corrected chi connectivity index (χ2v) is 5.74. The minimum atomic E-state index is -1.95. The van der Waals surface area contributed by atoms with Gasteiger partial charge in [0, 0.05) is 24.8 Å². The predicted molar refractivity (Wildman–Crippen MR) is 97.1 cm³/mol. The number of phenolic OH excluding ortho intramolecular Hbond substituents is 1. The number of phenols is 1. The summed E-state index contributed by atoms with van der Waals surface area (Å²) in [5.41, 5.74) is -1.43. The maximum Gasteiger partial charge on any atom is 0.186 e. The third kappa shape index (κ3) is 3.99. The summed E-state index contributed by atoms with van der Waals surface area (Å²) in [6.07, 6.45) is -2.55. The number of aliphatic hydroxyl groups excluding tert-OH is 1. The van der Waals surface area contributed by atoms with Crippen LogP contribution in [0.15, 0.2) is 48.5 Å². The number of aliphatic hydroxyl groups is 2. The molecule has 3 N–H and O–H groups in total. The van der Waals surface area contributed by atoms with Crippen molar-refractivity contribution in [2.75, 3.05) is 20.3 Å². The maximum atomic E-state index is 11.6. The Kier molecular flexibility index (Phi) is 6.99. The van der Waals surface area contributed by atoms with Gasteiger partial charge in [-0.1, -0.05) is 30.3 Å². The Bertz CT molecular complexity index is 684. The van der Waals surface area contributed by atoms with Crippen LogP contribution in [0.4, 0.5) is 0 Å². The third-order valence-corrected chi connectivity index (χ3v) is 4.18. The van der Waals surface area contributed by atoms with Crippen LogP contribution in [0.5, 0.6) is 11.5 Å². The molecule has 0 saturated carbocycles. The molecule has 2 rings (SSSR count). The normalized spacial score (nSPS) is 14.8. The molecule has 2 atom stereocenters. The second kappa shape index (κ2) is 9.00. The molecule has 142 valence electrons. The average Bonchev–Trinajstić information content (AvgIpc) is 2.67. The molecule has 0 aliphatic rings. The Hall–Kier alpha value is -2.12. The first-order valence-electron chi connectivity index (χ1n) is 8.55. The van der Waals surface area contributed by atoms with Gasteiger partial charge in [0.2, 0.25) is 0 Å². The molecule has 6 heteroatoms. The second-order valence-electron chi connectivity index (χ2n) is 5.74. The van der Waals surface area contributed by atoms with Crippen LogP contribution in [-0.4, -0.2) is 48.0 Å². The average molecular weight is 362 g/mol. The van der Waals surface area contributed by atoms with Crippen molar-refractivity contribution < 1.29 is 29.5 Å². The summed E-state index contributed by atoms with van der Waals surface area (Å²) < 4.78 is 16.1. The highest BCUT2D eigenvalue weighted by atomic mass is 16.7. The van der Waals surface area contributed by atoms with Crippen LogP contribution in [0, 0.1) is 0 Å². The number of rotatable bonds is 9. The van der Waals surface area contributed by atoms with Crippen molar-refractivity contribution in [3.05, 3.63) is 59.7 Å². The third-order valence-electron chi connectivity index (χ3n) is 4.18. The van der Waals surface area contributed by atoms with Gasteiger partial charge in [0.25, 0.3) is 0 Å². The van der Waals surface area contributed by atoms with E-state index in [9.17, 15) is 15.3 Å². The van der Waals surface area contributed by atoms with Gasteiger partial charge in [0.15, 0.2) is 6.29 Å². The van der Waals surface area contributed by atoms with E-state index in [0.717, 1.165) is 0 Å². The Balaban J connectivity index is 2.60. The van der Waals surface area contributed by atoms with Crippen LogP contribution in [0.3, 0.4) is 0 Å². The van der Waals surface area contributed by atoms with Crippen LogP contribution >= 0.6 is 0 Å². The number of aromatic hydroxyl groups is 1. The summed E-state index contributed by atoms with van der Waals surface area (Å²) in [6.45, 7) is 4.12. The van der Waals surface area contributed by atoms with Gasteiger partial charge in [-0.3, -0.25) is 0 Å². The van der Waals surface area contributed by atoms with Crippen molar-refractivity contribution in [3.8, 4) is 11.5 Å². The van der Waals surface area contributed by atoms with E-state index in [1.807, 2.05) is 0 Å². The zero-order valence-corrected chi connectivity index (χ0v) is 15.3. The first-order valence-corrected chi connectivity index (χ1v) is 8.55. The Morgan fingerprint density at radius 2 is 1.62 bits per heavy atom. The molecular weight excluding hydrogens is 336 g/mol. The first-order chi connectivity index (χ1) is 12.5. The SMILES string of the molecule is CCOC(OCC)[C@H](O)[C@](O)(c1ccccc1)c1ccc(OC)cc1O. The number of methoxy groups -OCH3 is 1. The predicted octanol–water partition coefficient (Wildman–Crippen LogP) is 2.40.